The Hall–Kier alpha value is -2.60. The summed E-state index contributed by atoms with van der Waals surface area (Å²) >= 11 is 0. The number of benzene rings is 1. The maximum atomic E-state index is 13.1. The molecule has 0 atom stereocenters. The zero-order valence-electron chi connectivity index (χ0n) is 14.5. The predicted octanol–water partition coefficient (Wildman–Crippen LogP) is 3.54. The first-order chi connectivity index (χ1) is 13.1. The van der Waals surface area contributed by atoms with Crippen LogP contribution in [0.25, 0.3) is 0 Å². The van der Waals surface area contributed by atoms with E-state index in [9.17, 15) is 21.6 Å². The summed E-state index contributed by atoms with van der Waals surface area (Å²) in [5, 5.41) is 2.93. The summed E-state index contributed by atoms with van der Waals surface area (Å²) in [7, 11) is -4.33. The Bertz CT molecular complexity index is 930. The third-order valence-corrected chi connectivity index (χ3v) is 5.06. The molecule has 2 aromatic rings. The van der Waals surface area contributed by atoms with Crippen molar-refractivity contribution >= 4 is 27.6 Å². The predicted molar refractivity (Wildman–Crippen MR) is 96.4 cm³/mol. The summed E-state index contributed by atoms with van der Waals surface area (Å²) in [6.07, 6.45) is -0.935. The van der Waals surface area contributed by atoms with Gasteiger partial charge in [0.1, 0.15) is 0 Å². The standard InChI is InChI=1S/C16H18F3N5O3S/c17-16(18,19)13-9-14(22-15(21-13)20-10-3-1-2-4-10)24-23-11-5-7-12(8-6-11)28(25,26)27/h5-10,23H,1-4H2,(H,25,26,27)(H2,20,21,22,24). The fraction of sp³-hybridized carbons (Fsp3) is 0.375. The second-order valence-electron chi connectivity index (χ2n) is 6.33. The molecule has 1 aliphatic rings. The van der Waals surface area contributed by atoms with Gasteiger partial charge in [0.15, 0.2) is 11.5 Å². The van der Waals surface area contributed by atoms with Gasteiger partial charge in [-0.15, -0.1) is 0 Å². The lowest BCUT2D eigenvalue weighted by atomic mass is 10.2. The van der Waals surface area contributed by atoms with Gasteiger partial charge in [-0.05, 0) is 37.1 Å². The van der Waals surface area contributed by atoms with E-state index in [0.717, 1.165) is 43.9 Å². The smallest absolute Gasteiger partial charge is 0.351 e. The van der Waals surface area contributed by atoms with E-state index >= 15 is 0 Å². The van der Waals surface area contributed by atoms with Gasteiger partial charge in [-0.25, -0.2) is 4.98 Å². The molecule has 8 nitrogen and oxygen atoms in total. The Morgan fingerprint density at radius 3 is 2.25 bits per heavy atom. The Kier molecular flexibility index (Phi) is 5.61. The first-order valence-corrected chi connectivity index (χ1v) is 9.88. The van der Waals surface area contributed by atoms with Gasteiger partial charge in [0.05, 0.1) is 10.6 Å². The summed E-state index contributed by atoms with van der Waals surface area (Å²) in [4.78, 5) is 7.30. The van der Waals surface area contributed by atoms with Crippen LogP contribution in [0, 0.1) is 0 Å². The number of hydrogen-bond donors (Lipinski definition) is 4. The van der Waals surface area contributed by atoms with E-state index in [0.29, 0.717) is 5.69 Å². The van der Waals surface area contributed by atoms with Gasteiger partial charge >= 0.3 is 6.18 Å². The second-order valence-corrected chi connectivity index (χ2v) is 7.76. The fourth-order valence-corrected chi connectivity index (χ4v) is 3.30. The third kappa shape index (κ3) is 5.23. The Balaban J connectivity index is 1.76. The van der Waals surface area contributed by atoms with Crippen LogP contribution < -0.4 is 16.2 Å². The van der Waals surface area contributed by atoms with Crippen LogP contribution >= 0.6 is 0 Å². The molecular weight excluding hydrogens is 399 g/mol. The van der Waals surface area contributed by atoms with E-state index in [4.69, 9.17) is 4.55 Å². The number of alkyl halides is 3. The molecule has 1 saturated carbocycles. The second kappa shape index (κ2) is 7.80. The molecule has 0 aliphatic heterocycles. The lowest BCUT2D eigenvalue weighted by Gasteiger charge is -2.16. The van der Waals surface area contributed by atoms with Crippen LogP contribution in [0.2, 0.25) is 0 Å². The number of hydrogen-bond acceptors (Lipinski definition) is 7. The highest BCUT2D eigenvalue weighted by Crippen LogP contribution is 2.30. The van der Waals surface area contributed by atoms with E-state index in [1.165, 1.54) is 12.1 Å². The van der Waals surface area contributed by atoms with Crippen molar-refractivity contribution in [1.29, 1.82) is 0 Å². The van der Waals surface area contributed by atoms with Gasteiger partial charge in [0.25, 0.3) is 10.1 Å². The lowest BCUT2D eigenvalue weighted by Crippen LogP contribution is -2.20. The molecule has 4 N–H and O–H groups in total. The van der Waals surface area contributed by atoms with Crippen LogP contribution in [0.1, 0.15) is 31.4 Å². The average molecular weight is 417 g/mol. The molecule has 1 aliphatic carbocycles. The number of nitrogens with zero attached hydrogens (tertiary/aromatic N) is 2. The number of anilines is 3. The number of halogens is 3. The number of rotatable bonds is 6. The van der Waals surface area contributed by atoms with Gasteiger partial charge in [-0.3, -0.25) is 15.4 Å². The molecule has 1 heterocycles. The Morgan fingerprint density at radius 2 is 1.68 bits per heavy atom. The maximum Gasteiger partial charge on any atom is 0.433 e. The molecule has 0 amide bonds. The Morgan fingerprint density at radius 1 is 1.04 bits per heavy atom. The van der Waals surface area contributed by atoms with Gasteiger partial charge < -0.3 is 5.32 Å². The minimum Gasteiger partial charge on any atom is -0.351 e. The van der Waals surface area contributed by atoms with Crippen LogP contribution in [-0.2, 0) is 16.3 Å². The fourth-order valence-electron chi connectivity index (χ4n) is 2.82. The van der Waals surface area contributed by atoms with Gasteiger partial charge in [0, 0.05) is 12.1 Å². The molecule has 1 fully saturated rings. The normalized spacial score (nSPS) is 15.4. The number of aromatic nitrogens is 2. The molecule has 3 rings (SSSR count). The van der Waals surface area contributed by atoms with E-state index in [1.54, 1.807) is 0 Å². The third-order valence-electron chi connectivity index (χ3n) is 4.19. The van der Waals surface area contributed by atoms with Crippen molar-refractivity contribution in [3.8, 4) is 0 Å². The van der Waals surface area contributed by atoms with Crippen molar-refractivity contribution in [2.75, 3.05) is 16.2 Å². The highest BCUT2D eigenvalue weighted by atomic mass is 32.2. The summed E-state index contributed by atoms with van der Waals surface area (Å²) in [5.41, 5.74) is 4.43. The van der Waals surface area contributed by atoms with Crippen LogP contribution in [-0.4, -0.2) is 29.0 Å². The zero-order chi connectivity index (χ0) is 20.4. The van der Waals surface area contributed by atoms with Crippen molar-refractivity contribution in [2.24, 2.45) is 0 Å². The molecule has 0 unspecified atom stereocenters. The highest BCUT2D eigenvalue weighted by molar-refractivity contribution is 7.85. The van der Waals surface area contributed by atoms with Crippen LogP contribution in [0.3, 0.4) is 0 Å². The van der Waals surface area contributed by atoms with Crippen LogP contribution in [0.4, 0.5) is 30.6 Å². The monoisotopic (exact) mass is 417 g/mol. The van der Waals surface area contributed by atoms with E-state index in [2.05, 4.69) is 26.1 Å². The first kappa shape index (κ1) is 20.1. The zero-order valence-corrected chi connectivity index (χ0v) is 15.3. The van der Waals surface area contributed by atoms with Crippen molar-refractivity contribution in [3.63, 3.8) is 0 Å². The molecular formula is C16H18F3N5O3S. The number of hydrazine groups is 1. The Labute approximate surface area is 159 Å². The molecule has 28 heavy (non-hydrogen) atoms. The van der Waals surface area contributed by atoms with Crippen molar-refractivity contribution < 1.29 is 26.1 Å². The molecule has 152 valence electrons. The summed E-state index contributed by atoms with van der Waals surface area (Å²) in [6.45, 7) is 0. The summed E-state index contributed by atoms with van der Waals surface area (Å²) in [5.74, 6) is -0.227. The topological polar surface area (TPSA) is 116 Å². The van der Waals surface area contributed by atoms with Crippen molar-refractivity contribution in [1.82, 2.24) is 9.97 Å². The van der Waals surface area contributed by atoms with E-state index in [1.807, 2.05) is 0 Å². The first-order valence-electron chi connectivity index (χ1n) is 8.44. The molecule has 0 saturated heterocycles. The van der Waals surface area contributed by atoms with Gasteiger partial charge in [-0.1, -0.05) is 12.8 Å². The van der Waals surface area contributed by atoms with Crippen molar-refractivity contribution in [3.05, 3.63) is 36.0 Å². The molecule has 0 radical (unpaired) electrons. The van der Waals surface area contributed by atoms with Crippen molar-refractivity contribution in [2.45, 2.75) is 42.8 Å². The molecule has 1 aromatic heterocycles. The summed E-state index contributed by atoms with van der Waals surface area (Å²) < 4.78 is 70.4. The van der Waals surface area contributed by atoms with Crippen LogP contribution in [0.5, 0.6) is 0 Å². The summed E-state index contributed by atoms with van der Waals surface area (Å²) in [6, 6.07) is 5.76. The minimum absolute atomic E-state index is 0.0391. The largest absolute Gasteiger partial charge is 0.433 e. The SMILES string of the molecule is O=S(=O)(O)c1ccc(NNc2cc(C(F)(F)F)nc(NC3CCCC3)n2)cc1. The molecule has 0 bridgehead atoms. The van der Waals surface area contributed by atoms with Gasteiger partial charge in [0.2, 0.25) is 5.95 Å². The average Bonchev–Trinajstić information content (AvgIpc) is 3.11. The molecule has 1 aromatic carbocycles. The highest BCUT2D eigenvalue weighted by Gasteiger charge is 2.34. The quantitative estimate of drug-likeness (QED) is 0.417. The van der Waals surface area contributed by atoms with E-state index < -0.39 is 22.0 Å². The number of nitrogens with one attached hydrogen (secondary N) is 3. The minimum atomic E-state index is -4.64. The maximum absolute atomic E-state index is 13.1. The lowest BCUT2D eigenvalue weighted by molar-refractivity contribution is -0.141. The molecule has 12 heteroatoms. The molecule has 0 spiro atoms. The van der Waals surface area contributed by atoms with Gasteiger partial charge in [-0.2, -0.15) is 26.6 Å². The van der Waals surface area contributed by atoms with Crippen LogP contribution in [0.15, 0.2) is 35.2 Å². The van der Waals surface area contributed by atoms with E-state index in [-0.39, 0.29) is 22.7 Å².